The molecule has 0 spiro atoms. The molecule has 0 aliphatic carbocycles. The van der Waals surface area contributed by atoms with Gasteiger partial charge in [-0.25, -0.2) is 13.9 Å². The molecule has 2 amide bonds. The minimum absolute atomic E-state index is 0.195. The van der Waals surface area contributed by atoms with Gasteiger partial charge in [0.1, 0.15) is 11.7 Å². The van der Waals surface area contributed by atoms with Crippen LogP contribution < -0.4 is 10.2 Å². The summed E-state index contributed by atoms with van der Waals surface area (Å²) in [5.41, 5.74) is 2.64. The second-order valence-corrected chi connectivity index (χ2v) is 11.5. The number of halogens is 1. The molecule has 6 rings (SSSR count). The van der Waals surface area contributed by atoms with E-state index < -0.39 is 11.8 Å². The number of carbonyl (C=O) groups is 2. The Morgan fingerprint density at radius 1 is 1.23 bits per heavy atom. The fourth-order valence-corrected chi connectivity index (χ4v) is 5.42. The molecule has 3 aromatic rings. The molecule has 2 aromatic heterocycles. The molecule has 1 aromatic carbocycles. The number of amides is 2. The minimum Gasteiger partial charge on any atom is -0.387 e. The van der Waals surface area contributed by atoms with Gasteiger partial charge in [-0.3, -0.25) is 14.5 Å². The normalized spacial score (nSPS) is 19.2. The predicted octanol–water partition coefficient (Wildman–Crippen LogP) is 1.88. The molecule has 11 nitrogen and oxygen atoms in total. The van der Waals surface area contributed by atoms with Crippen molar-refractivity contribution in [1.29, 1.82) is 0 Å². The summed E-state index contributed by atoms with van der Waals surface area (Å²) in [4.78, 5) is 37.2. The third-order valence-electron chi connectivity index (χ3n) is 8.02. The lowest BCUT2D eigenvalue weighted by atomic mass is 10.0. The number of rotatable bonds is 7. The number of piperazine rings is 1. The van der Waals surface area contributed by atoms with Gasteiger partial charge in [0.2, 0.25) is 0 Å². The minimum atomic E-state index is -1.60. The van der Waals surface area contributed by atoms with Gasteiger partial charge in [0.15, 0.2) is 5.65 Å². The standard InChI is InChI=1S/C28H34FN7O4/c1-17-10-30-25-21(11-31-36(25)12-17)26(37)32-22-8-18-13-35(14-24(29)28(2,3)39)27(38)20(18)9-23(22)34-6-4-33(5-7-34)19-15-40-16-19/h8-12,19,24,39H,4-7,13-16H2,1-3H3,(H,32,37)/t24-/m1/s1. The second-order valence-electron chi connectivity index (χ2n) is 11.5. The molecule has 5 heterocycles. The van der Waals surface area contributed by atoms with Crippen LogP contribution in [0, 0.1) is 6.92 Å². The van der Waals surface area contributed by atoms with Crippen LogP contribution in [-0.4, -0.2) is 105 Å². The summed E-state index contributed by atoms with van der Waals surface area (Å²) < 4.78 is 21.6. The Balaban J connectivity index is 1.30. The molecule has 2 saturated heterocycles. The summed E-state index contributed by atoms with van der Waals surface area (Å²) in [6, 6.07) is 4.06. The average Bonchev–Trinajstić information content (AvgIpc) is 3.42. The third-order valence-corrected chi connectivity index (χ3v) is 8.02. The highest BCUT2D eigenvalue weighted by Crippen LogP contribution is 2.36. The van der Waals surface area contributed by atoms with Crippen molar-refractivity contribution in [1.82, 2.24) is 24.4 Å². The molecule has 0 unspecified atom stereocenters. The van der Waals surface area contributed by atoms with E-state index >= 15 is 0 Å². The number of carbonyl (C=O) groups excluding carboxylic acids is 2. The Hall–Kier alpha value is -3.61. The number of anilines is 2. The number of fused-ring (bicyclic) bond motifs is 2. The van der Waals surface area contributed by atoms with E-state index in [4.69, 9.17) is 4.74 Å². The summed E-state index contributed by atoms with van der Waals surface area (Å²) in [5, 5.41) is 17.4. The van der Waals surface area contributed by atoms with E-state index in [1.807, 2.05) is 19.1 Å². The Labute approximate surface area is 231 Å². The van der Waals surface area contributed by atoms with Gasteiger partial charge in [0, 0.05) is 50.7 Å². The van der Waals surface area contributed by atoms with Crippen molar-refractivity contribution in [2.45, 2.75) is 45.1 Å². The molecule has 40 heavy (non-hydrogen) atoms. The highest BCUT2D eigenvalue weighted by Gasteiger charge is 2.36. The first-order chi connectivity index (χ1) is 19.1. The van der Waals surface area contributed by atoms with Crippen molar-refractivity contribution >= 4 is 28.8 Å². The Bertz CT molecular complexity index is 1460. The number of hydrogen-bond donors (Lipinski definition) is 2. The van der Waals surface area contributed by atoms with Crippen molar-refractivity contribution < 1.29 is 23.8 Å². The molecule has 2 N–H and O–H groups in total. The zero-order valence-electron chi connectivity index (χ0n) is 22.9. The van der Waals surface area contributed by atoms with E-state index in [1.165, 1.54) is 24.9 Å². The first-order valence-corrected chi connectivity index (χ1v) is 13.6. The van der Waals surface area contributed by atoms with Gasteiger partial charge in [-0.15, -0.1) is 0 Å². The van der Waals surface area contributed by atoms with Crippen molar-refractivity contribution in [3.63, 3.8) is 0 Å². The average molecular weight is 552 g/mol. The number of hydrogen-bond acceptors (Lipinski definition) is 8. The molecule has 12 heteroatoms. The van der Waals surface area contributed by atoms with Crippen molar-refractivity contribution in [2.75, 3.05) is 56.2 Å². The predicted molar refractivity (Wildman–Crippen MR) is 146 cm³/mol. The molecule has 3 aliphatic rings. The molecular formula is C28H34FN7O4. The van der Waals surface area contributed by atoms with Crippen LogP contribution in [0.3, 0.4) is 0 Å². The Morgan fingerprint density at radius 3 is 2.65 bits per heavy atom. The maximum Gasteiger partial charge on any atom is 0.261 e. The van der Waals surface area contributed by atoms with E-state index in [0.717, 1.165) is 50.6 Å². The smallest absolute Gasteiger partial charge is 0.261 e. The van der Waals surface area contributed by atoms with Gasteiger partial charge in [0.05, 0.1) is 49.0 Å². The maximum absolute atomic E-state index is 14.7. The molecule has 0 saturated carbocycles. The number of ether oxygens (including phenoxy) is 1. The van der Waals surface area contributed by atoms with Crippen LogP contribution in [0.2, 0.25) is 0 Å². The second kappa shape index (κ2) is 10.1. The summed E-state index contributed by atoms with van der Waals surface area (Å²) >= 11 is 0. The lowest BCUT2D eigenvalue weighted by molar-refractivity contribution is -0.0660. The lowest BCUT2D eigenvalue weighted by Gasteiger charge is -2.43. The number of aromatic nitrogens is 3. The van der Waals surface area contributed by atoms with Gasteiger partial charge < -0.3 is 25.0 Å². The summed E-state index contributed by atoms with van der Waals surface area (Å²) in [6.07, 6.45) is 3.39. The molecule has 3 aliphatic heterocycles. The van der Waals surface area contributed by atoms with E-state index in [9.17, 15) is 19.1 Å². The molecule has 0 bridgehead atoms. The number of aliphatic hydroxyl groups is 1. The largest absolute Gasteiger partial charge is 0.387 e. The highest BCUT2D eigenvalue weighted by atomic mass is 19.1. The van der Waals surface area contributed by atoms with Gasteiger partial charge >= 0.3 is 0 Å². The summed E-state index contributed by atoms with van der Waals surface area (Å²) in [6.45, 7) is 9.28. The first kappa shape index (κ1) is 26.6. The van der Waals surface area contributed by atoms with E-state index in [0.29, 0.717) is 34.1 Å². The zero-order valence-corrected chi connectivity index (χ0v) is 22.9. The van der Waals surface area contributed by atoms with Crippen molar-refractivity contribution in [2.24, 2.45) is 0 Å². The Morgan fingerprint density at radius 2 is 1.98 bits per heavy atom. The number of nitrogens with one attached hydrogen (secondary N) is 1. The first-order valence-electron chi connectivity index (χ1n) is 13.6. The summed E-state index contributed by atoms with van der Waals surface area (Å²) in [7, 11) is 0. The van der Waals surface area contributed by atoms with E-state index in [-0.39, 0.29) is 24.9 Å². The van der Waals surface area contributed by atoms with Gasteiger partial charge in [0.25, 0.3) is 11.8 Å². The quantitative estimate of drug-likeness (QED) is 0.458. The van der Waals surface area contributed by atoms with Crippen LogP contribution in [0.1, 0.15) is 45.7 Å². The zero-order chi connectivity index (χ0) is 28.2. The molecule has 1 atom stereocenters. The van der Waals surface area contributed by atoms with Crippen LogP contribution in [0.4, 0.5) is 15.8 Å². The number of benzene rings is 1. The van der Waals surface area contributed by atoms with E-state index in [1.54, 1.807) is 16.9 Å². The maximum atomic E-state index is 14.7. The number of alkyl halides is 1. The fraction of sp³-hybridized carbons (Fsp3) is 0.500. The topological polar surface area (TPSA) is 116 Å². The van der Waals surface area contributed by atoms with Gasteiger partial charge in [-0.05, 0) is 44.0 Å². The number of aryl methyl sites for hydroxylation is 1. The van der Waals surface area contributed by atoms with Crippen LogP contribution in [0.5, 0.6) is 0 Å². The van der Waals surface area contributed by atoms with Gasteiger partial charge in [-0.2, -0.15) is 5.10 Å². The molecule has 2 fully saturated rings. The van der Waals surface area contributed by atoms with Crippen molar-refractivity contribution in [3.05, 3.63) is 53.0 Å². The summed E-state index contributed by atoms with van der Waals surface area (Å²) in [5.74, 6) is -0.640. The third kappa shape index (κ3) is 4.91. The van der Waals surface area contributed by atoms with Crippen molar-refractivity contribution in [3.8, 4) is 0 Å². The van der Waals surface area contributed by atoms with Gasteiger partial charge in [-0.1, -0.05) is 0 Å². The van der Waals surface area contributed by atoms with E-state index in [2.05, 4.69) is 25.2 Å². The van der Waals surface area contributed by atoms with Crippen LogP contribution in [0.15, 0.2) is 30.7 Å². The number of nitrogens with zero attached hydrogens (tertiary/aromatic N) is 6. The lowest BCUT2D eigenvalue weighted by Crippen LogP contribution is -2.56. The monoisotopic (exact) mass is 551 g/mol. The highest BCUT2D eigenvalue weighted by molar-refractivity contribution is 6.10. The molecule has 0 radical (unpaired) electrons. The molecule has 212 valence electrons. The van der Waals surface area contributed by atoms with Crippen LogP contribution >= 0.6 is 0 Å². The molecular weight excluding hydrogens is 517 g/mol. The SMILES string of the molecule is Cc1cnc2c(C(=O)Nc3cc4c(cc3N3CCN(C5COC5)CC3)C(=O)N(C[C@@H](F)C(C)(C)O)C4)cnn2c1. The fourth-order valence-electron chi connectivity index (χ4n) is 5.42. The van der Waals surface area contributed by atoms with Crippen LogP contribution in [-0.2, 0) is 11.3 Å². The Kier molecular flexibility index (Phi) is 6.71. The van der Waals surface area contributed by atoms with Crippen LogP contribution in [0.25, 0.3) is 5.65 Å².